The van der Waals surface area contributed by atoms with Crippen molar-refractivity contribution in [1.82, 2.24) is 34.8 Å². The summed E-state index contributed by atoms with van der Waals surface area (Å²) in [5, 5.41) is 11.8. The maximum Gasteiger partial charge on any atom is 0.293 e. The summed E-state index contributed by atoms with van der Waals surface area (Å²) in [4.78, 5) is 21.6. The number of aromatic amines is 1. The van der Waals surface area contributed by atoms with Crippen LogP contribution in [0.25, 0.3) is 33.1 Å². The molecule has 3 atom stereocenters. The molecule has 1 fully saturated rings. The van der Waals surface area contributed by atoms with E-state index in [-0.39, 0.29) is 45.9 Å². The maximum atomic E-state index is 15.3. The zero-order chi connectivity index (χ0) is 37.7. The fourth-order valence-electron chi connectivity index (χ4n) is 7.45. The third kappa shape index (κ3) is 6.06. The van der Waals surface area contributed by atoms with Crippen molar-refractivity contribution in [2.24, 2.45) is 13.0 Å². The van der Waals surface area contributed by atoms with Crippen LogP contribution in [0.4, 0.5) is 32.2 Å². The van der Waals surface area contributed by atoms with E-state index in [2.05, 4.69) is 25.2 Å². The summed E-state index contributed by atoms with van der Waals surface area (Å²) in [6.45, 7) is -0.869. The summed E-state index contributed by atoms with van der Waals surface area (Å²) in [6.07, 6.45) is -0.810. The van der Waals surface area contributed by atoms with Gasteiger partial charge in [-0.25, -0.2) is 31.0 Å². The maximum absolute atomic E-state index is 15.3. The highest BCUT2D eigenvalue weighted by atomic mass is 35.5. The van der Waals surface area contributed by atoms with Gasteiger partial charge < -0.3 is 10.3 Å². The number of nitrogens with zero attached hydrogens (tertiary/aromatic N) is 5. The SMILES string of the molecule is Cn1nc(NS(C)(=O)=O)c2c(Cl)ccc(-c3cc4cc[nH]c4nc3C(Cc3cc(F)cc(F)c3)NC(=O)Cn3nc(C(F)F)c4c3C(F)(F)[C@@H]3C[C@H]43)c21. The third-order valence-electron chi connectivity index (χ3n) is 9.56. The molecule has 6 aromatic rings. The van der Waals surface area contributed by atoms with Gasteiger partial charge in [-0.3, -0.25) is 18.9 Å². The van der Waals surface area contributed by atoms with E-state index in [0.717, 1.165) is 18.4 Å². The quantitative estimate of drug-likeness (QED) is 0.130. The van der Waals surface area contributed by atoms with Crippen LogP contribution in [0.2, 0.25) is 5.02 Å². The van der Waals surface area contributed by atoms with Crippen LogP contribution in [0.1, 0.15) is 53.0 Å². The molecule has 19 heteroatoms. The van der Waals surface area contributed by atoms with Gasteiger partial charge >= 0.3 is 0 Å². The van der Waals surface area contributed by atoms with Crippen LogP contribution in [0.3, 0.4) is 0 Å². The van der Waals surface area contributed by atoms with Crippen molar-refractivity contribution in [3.63, 3.8) is 0 Å². The molecule has 0 radical (unpaired) electrons. The van der Waals surface area contributed by atoms with Crippen LogP contribution >= 0.6 is 11.6 Å². The van der Waals surface area contributed by atoms with E-state index in [1.165, 1.54) is 10.7 Å². The Hall–Kier alpha value is -5.10. The molecule has 1 amide bonds. The van der Waals surface area contributed by atoms with Gasteiger partial charge in [-0.15, -0.1) is 0 Å². The minimum absolute atomic E-state index is 0.0417. The molecule has 2 aliphatic carbocycles. The van der Waals surface area contributed by atoms with Crippen molar-refractivity contribution in [1.29, 1.82) is 0 Å². The van der Waals surface area contributed by atoms with Crippen molar-refractivity contribution in [2.45, 2.75) is 43.7 Å². The molecule has 3 N–H and O–H groups in total. The molecule has 4 heterocycles. The van der Waals surface area contributed by atoms with Crippen molar-refractivity contribution in [3.05, 3.63) is 93.5 Å². The molecule has 11 nitrogen and oxygen atoms in total. The first-order valence-corrected chi connectivity index (χ1v) is 18.4. The Bertz CT molecular complexity index is 2590. The number of aryl methyl sites for hydroxylation is 1. The Kier molecular flexibility index (Phi) is 8.06. The molecule has 0 spiro atoms. The van der Waals surface area contributed by atoms with E-state index < -0.39 is 75.7 Å². The summed E-state index contributed by atoms with van der Waals surface area (Å²) in [5.74, 6) is -8.16. The number of sulfonamides is 1. The smallest absolute Gasteiger partial charge is 0.293 e. The first-order chi connectivity index (χ1) is 25.0. The number of halogens is 7. The zero-order valence-electron chi connectivity index (χ0n) is 27.6. The fraction of sp³-hybridized carbons (Fsp3) is 0.294. The van der Waals surface area contributed by atoms with Crippen molar-refractivity contribution >= 4 is 55.3 Å². The average molecular weight is 777 g/mol. The predicted molar refractivity (Wildman–Crippen MR) is 182 cm³/mol. The number of carbonyl (C=O) groups is 1. The number of amides is 1. The number of aromatic nitrogens is 6. The highest BCUT2D eigenvalue weighted by molar-refractivity contribution is 7.92. The zero-order valence-corrected chi connectivity index (χ0v) is 29.1. The minimum Gasteiger partial charge on any atom is -0.346 e. The number of pyridine rings is 1. The van der Waals surface area contributed by atoms with Gasteiger partial charge in [0.25, 0.3) is 12.3 Å². The lowest BCUT2D eigenvalue weighted by Gasteiger charge is -2.23. The van der Waals surface area contributed by atoms with Gasteiger partial charge in [0, 0.05) is 47.3 Å². The molecule has 2 aromatic carbocycles. The Morgan fingerprint density at radius 1 is 1.08 bits per heavy atom. The molecule has 276 valence electrons. The molecule has 0 bridgehead atoms. The molecule has 0 aliphatic heterocycles. The molecule has 8 rings (SSSR count). The van der Waals surface area contributed by atoms with E-state index in [1.54, 1.807) is 31.4 Å². The van der Waals surface area contributed by atoms with Gasteiger partial charge in [0.2, 0.25) is 15.9 Å². The lowest BCUT2D eigenvalue weighted by Crippen LogP contribution is -2.35. The molecular weight excluding hydrogens is 750 g/mol. The Labute approximate surface area is 301 Å². The monoisotopic (exact) mass is 776 g/mol. The van der Waals surface area contributed by atoms with Crippen LogP contribution in [-0.4, -0.2) is 50.1 Å². The second kappa shape index (κ2) is 12.2. The van der Waals surface area contributed by atoms with Gasteiger partial charge in [0.05, 0.1) is 33.9 Å². The lowest BCUT2D eigenvalue weighted by molar-refractivity contribution is -0.123. The highest BCUT2D eigenvalue weighted by Gasteiger charge is 2.67. The Balaban J connectivity index is 1.26. The molecule has 53 heavy (non-hydrogen) atoms. The fourth-order valence-corrected chi connectivity index (χ4v) is 8.19. The summed E-state index contributed by atoms with van der Waals surface area (Å²) < 4.78 is 116. The van der Waals surface area contributed by atoms with Gasteiger partial charge in [0.1, 0.15) is 35.2 Å². The van der Waals surface area contributed by atoms with Crippen molar-refractivity contribution in [3.8, 4) is 11.1 Å². The van der Waals surface area contributed by atoms with Gasteiger partial charge in [-0.05, 0) is 54.7 Å². The Morgan fingerprint density at radius 3 is 2.51 bits per heavy atom. The van der Waals surface area contributed by atoms with Gasteiger partial charge in [-0.1, -0.05) is 17.7 Å². The summed E-state index contributed by atoms with van der Waals surface area (Å²) in [7, 11) is -2.24. The second-order valence-corrected chi connectivity index (χ2v) is 15.4. The van der Waals surface area contributed by atoms with Crippen molar-refractivity contribution < 1.29 is 39.6 Å². The van der Waals surface area contributed by atoms with Crippen LogP contribution in [0.5, 0.6) is 0 Å². The number of nitrogens with one attached hydrogen (secondary N) is 3. The predicted octanol–water partition coefficient (Wildman–Crippen LogP) is 6.86. The lowest BCUT2D eigenvalue weighted by atomic mass is 9.93. The standard InChI is InChI=1S/C34H27ClF6N8O3S/c1-48-29-18(3-4-22(35)26(29)33(46-48)47-53(2,51)52)19-10-15-5-6-42-32(15)44-27(19)23(9-14-7-16(36)11-17(37)8-14)43-24(50)13-49-30-25(28(45-49)31(38)39)20-12-21(20)34(30,40)41/h3-8,10-11,20-21,23,31H,9,12-13H2,1-2H3,(H,42,44)(H,43,50)(H,46,47)/t20-,21+,23?/m0/s1. The number of benzene rings is 2. The number of hydrogen-bond acceptors (Lipinski definition) is 6. The normalized spacial score (nSPS) is 18.1. The van der Waals surface area contributed by atoms with Gasteiger partial charge in [-0.2, -0.15) is 19.0 Å². The minimum atomic E-state index is -3.79. The second-order valence-electron chi connectivity index (χ2n) is 13.3. The number of anilines is 1. The highest BCUT2D eigenvalue weighted by Crippen LogP contribution is 2.68. The van der Waals surface area contributed by atoms with Crippen LogP contribution in [-0.2, 0) is 40.8 Å². The van der Waals surface area contributed by atoms with Crippen LogP contribution in [0, 0.1) is 17.6 Å². The molecule has 1 saturated carbocycles. The first kappa shape index (κ1) is 35.0. The van der Waals surface area contributed by atoms with E-state index in [0.29, 0.717) is 38.4 Å². The van der Waals surface area contributed by atoms with E-state index in [4.69, 9.17) is 16.6 Å². The number of hydrogen-bond donors (Lipinski definition) is 3. The van der Waals surface area contributed by atoms with E-state index in [1.807, 2.05) is 0 Å². The molecule has 0 saturated heterocycles. The molecule has 1 unspecified atom stereocenters. The van der Waals surface area contributed by atoms with E-state index >= 15 is 8.78 Å². The van der Waals surface area contributed by atoms with Crippen LogP contribution in [0.15, 0.2) is 48.7 Å². The van der Waals surface area contributed by atoms with Gasteiger partial charge in [0.15, 0.2) is 5.82 Å². The van der Waals surface area contributed by atoms with Crippen LogP contribution < -0.4 is 10.0 Å². The average Bonchev–Trinajstić information content (AvgIpc) is 3.28. The first-order valence-electron chi connectivity index (χ1n) is 16.1. The summed E-state index contributed by atoms with van der Waals surface area (Å²) >= 11 is 6.57. The number of H-pyrrole nitrogens is 1. The Morgan fingerprint density at radius 2 is 1.81 bits per heavy atom. The van der Waals surface area contributed by atoms with Crippen molar-refractivity contribution in [2.75, 3.05) is 11.0 Å². The summed E-state index contributed by atoms with van der Waals surface area (Å²) in [6, 6.07) is 8.16. The largest absolute Gasteiger partial charge is 0.346 e. The molecular formula is C34H27ClF6N8O3S. The topological polar surface area (TPSA) is 140 Å². The number of alkyl halides is 4. The number of rotatable bonds is 10. The number of carbonyl (C=O) groups excluding carboxylic acids is 1. The van der Waals surface area contributed by atoms with E-state index in [9.17, 15) is 30.8 Å². The molecule has 4 aromatic heterocycles. The number of fused-ring (bicyclic) bond motifs is 5. The molecule has 2 aliphatic rings. The summed E-state index contributed by atoms with van der Waals surface area (Å²) in [5.41, 5.74) is -0.0160. The third-order valence-corrected chi connectivity index (χ3v) is 10.4.